The van der Waals surface area contributed by atoms with E-state index in [4.69, 9.17) is 9.97 Å². The van der Waals surface area contributed by atoms with Crippen molar-refractivity contribution in [1.82, 2.24) is 29.7 Å². The lowest BCUT2D eigenvalue weighted by molar-refractivity contribution is -0.130. The lowest BCUT2D eigenvalue weighted by atomic mass is 10.0. The number of benzene rings is 2. The molecule has 8 heteroatoms. The van der Waals surface area contributed by atoms with Gasteiger partial charge in [-0.25, -0.2) is 4.98 Å². The average molecular weight is 573 g/mol. The molecule has 0 atom stereocenters. The standard InChI is InChI=1S/C35H36N6O2/c1-4-33-39-34(32-22-40(24(3)42)16-17-41(32)33)28-12-6-11-26-19-31(38-21-29(26)28)27-13-14-30(37-20-27)35(43)36-15-7-10-25-9-5-8-23(2)18-25/h5-6,8-9,11-14,18-21H,4,7,10,15-17,22H2,1-3H3,(H,36,43). The minimum atomic E-state index is -0.176. The van der Waals surface area contributed by atoms with Crippen molar-refractivity contribution in [2.24, 2.45) is 0 Å². The number of rotatable bonds is 8. The molecule has 4 heterocycles. The van der Waals surface area contributed by atoms with Crippen LogP contribution in [-0.4, -0.2) is 49.3 Å². The molecule has 0 fully saturated rings. The van der Waals surface area contributed by atoms with Gasteiger partial charge < -0.3 is 14.8 Å². The zero-order chi connectivity index (χ0) is 29.9. The first-order valence-electron chi connectivity index (χ1n) is 14.9. The second kappa shape index (κ2) is 12.2. The van der Waals surface area contributed by atoms with E-state index in [1.165, 1.54) is 11.1 Å². The maximum Gasteiger partial charge on any atom is 0.269 e. The molecule has 2 aromatic carbocycles. The molecule has 0 saturated carbocycles. The van der Waals surface area contributed by atoms with Crippen LogP contribution in [0.25, 0.3) is 33.3 Å². The Kier molecular flexibility index (Phi) is 8.01. The molecule has 0 spiro atoms. The molecule has 1 aliphatic rings. The molecule has 43 heavy (non-hydrogen) atoms. The summed E-state index contributed by atoms with van der Waals surface area (Å²) in [5, 5.41) is 5.02. The van der Waals surface area contributed by atoms with Crippen molar-refractivity contribution < 1.29 is 9.59 Å². The monoisotopic (exact) mass is 572 g/mol. The fourth-order valence-corrected chi connectivity index (χ4v) is 5.87. The number of pyridine rings is 2. The van der Waals surface area contributed by atoms with Gasteiger partial charge in [-0.3, -0.25) is 19.6 Å². The highest BCUT2D eigenvalue weighted by molar-refractivity contribution is 5.97. The molecule has 2 amide bonds. The lowest BCUT2D eigenvalue weighted by Crippen LogP contribution is -2.37. The van der Waals surface area contributed by atoms with Crippen LogP contribution < -0.4 is 5.32 Å². The maximum atomic E-state index is 12.7. The van der Waals surface area contributed by atoms with Gasteiger partial charge in [0.15, 0.2) is 0 Å². The third kappa shape index (κ3) is 5.91. The first-order chi connectivity index (χ1) is 20.9. The van der Waals surface area contributed by atoms with E-state index in [1.54, 1.807) is 19.2 Å². The molecule has 0 unspecified atom stereocenters. The molecule has 8 nitrogen and oxygen atoms in total. The Labute approximate surface area is 251 Å². The molecule has 3 aromatic heterocycles. The fourth-order valence-electron chi connectivity index (χ4n) is 5.87. The Hall–Kier alpha value is -4.85. The van der Waals surface area contributed by atoms with Crippen LogP contribution >= 0.6 is 0 Å². The number of aryl methyl sites for hydroxylation is 3. The summed E-state index contributed by atoms with van der Waals surface area (Å²) >= 11 is 0. The van der Waals surface area contributed by atoms with E-state index < -0.39 is 0 Å². The largest absolute Gasteiger partial charge is 0.351 e. The Balaban J connectivity index is 1.18. The summed E-state index contributed by atoms with van der Waals surface area (Å²) in [6.07, 6.45) is 6.21. The van der Waals surface area contributed by atoms with Crippen molar-refractivity contribution in [2.45, 2.75) is 53.1 Å². The van der Waals surface area contributed by atoms with Crippen LogP contribution in [0.3, 0.4) is 0 Å². The number of fused-ring (bicyclic) bond motifs is 2. The van der Waals surface area contributed by atoms with E-state index in [0.717, 1.165) is 70.6 Å². The number of amides is 2. The Morgan fingerprint density at radius 2 is 1.84 bits per heavy atom. The first kappa shape index (κ1) is 28.3. The SMILES string of the molecule is CCc1nc(-c2cccc3cc(-c4ccc(C(=O)NCCCc5cccc(C)c5)nc4)ncc23)c2n1CCN(C(C)=O)C2. The molecule has 0 aliphatic carbocycles. The van der Waals surface area contributed by atoms with Gasteiger partial charge in [-0.15, -0.1) is 0 Å². The summed E-state index contributed by atoms with van der Waals surface area (Å²) in [5.74, 6) is 0.942. The van der Waals surface area contributed by atoms with E-state index in [9.17, 15) is 9.59 Å². The summed E-state index contributed by atoms with van der Waals surface area (Å²) in [7, 11) is 0. The number of nitrogens with zero attached hydrogens (tertiary/aromatic N) is 5. The van der Waals surface area contributed by atoms with Gasteiger partial charge >= 0.3 is 0 Å². The highest BCUT2D eigenvalue weighted by Gasteiger charge is 2.26. The molecule has 6 rings (SSSR count). The molecular formula is C35H36N6O2. The molecule has 0 bridgehead atoms. The second-order valence-corrected chi connectivity index (χ2v) is 11.1. The highest BCUT2D eigenvalue weighted by Crippen LogP contribution is 2.34. The summed E-state index contributed by atoms with van der Waals surface area (Å²) < 4.78 is 2.27. The van der Waals surface area contributed by atoms with Crippen molar-refractivity contribution in [3.8, 4) is 22.5 Å². The number of imidazole rings is 1. The van der Waals surface area contributed by atoms with E-state index >= 15 is 0 Å². The minimum absolute atomic E-state index is 0.0795. The molecular weight excluding hydrogens is 536 g/mol. The van der Waals surface area contributed by atoms with Crippen molar-refractivity contribution >= 4 is 22.6 Å². The van der Waals surface area contributed by atoms with Gasteiger partial charge in [-0.05, 0) is 48.9 Å². The van der Waals surface area contributed by atoms with Crippen molar-refractivity contribution in [3.63, 3.8) is 0 Å². The number of carbonyl (C=O) groups excluding carboxylic acids is 2. The normalized spacial score (nSPS) is 12.8. The second-order valence-electron chi connectivity index (χ2n) is 11.1. The zero-order valence-corrected chi connectivity index (χ0v) is 24.9. The fraction of sp³-hybridized carbons (Fsp3) is 0.286. The van der Waals surface area contributed by atoms with Gasteiger partial charge in [-0.1, -0.05) is 55.0 Å². The number of hydrogen-bond acceptors (Lipinski definition) is 5. The zero-order valence-electron chi connectivity index (χ0n) is 24.9. The Bertz CT molecular complexity index is 1810. The molecule has 1 N–H and O–H groups in total. The van der Waals surface area contributed by atoms with Gasteiger partial charge in [0.2, 0.25) is 5.91 Å². The maximum absolute atomic E-state index is 12.7. The molecule has 0 saturated heterocycles. The molecule has 5 aromatic rings. The molecule has 218 valence electrons. The van der Waals surface area contributed by atoms with E-state index in [0.29, 0.717) is 25.3 Å². The van der Waals surface area contributed by atoms with Crippen molar-refractivity contribution in [3.05, 3.63) is 101 Å². The predicted molar refractivity (Wildman–Crippen MR) is 168 cm³/mol. The van der Waals surface area contributed by atoms with Crippen LogP contribution in [-0.2, 0) is 30.7 Å². The Morgan fingerprint density at radius 1 is 0.977 bits per heavy atom. The van der Waals surface area contributed by atoms with Gasteiger partial charge in [0.1, 0.15) is 11.5 Å². The van der Waals surface area contributed by atoms with E-state index in [1.807, 2.05) is 29.3 Å². The highest BCUT2D eigenvalue weighted by atomic mass is 16.2. The van der Waals surface area contributed by atoms with Crippen molar-refractivity contribution in [2.75, 3.05) is 13.1 Å². The Morgan fingerprint density at radius 3 is 2.60 bits per heavy atom. The number of carbonyl (C=O) groups is 2. The van der Waals surface area contributed by atoms with Gasteiger partial charge in [0, 0.05) is 61.9 Å². The summed E-state index contributed by atoms with van der Waals surface area (Å²) in [4.78, 5) is 40.9. The third-order valence-electron chi connectivity index (χ3n) is 8.17. The quantitative estimate of drug-likeness (QED) is 0.239. The topological polar surface area (TPSA) is 93.0 Å². The van der Waals surface area contributed by atoms with Crippen LogP contribution in [0.2, 0.25) is 0 Å². The summed E-state index contributed by atoms with van der Waals surface area (Å²) in [6.45, 7) is 8.43. The first-order valence-corrected chi connectivity index (χ1v) is 14.9. The van der Waals surface area contributed by atoms with E-state index in [-0.39, 0.29) is 11.8 Å². The third-order valence-corrected chi connectivity index (χ3v) is 8.17. The van der Waals surface area contributed by atoms with Crippen molar-refractivity contribution in [1.29, 1.82) is 0 Å². The van der Waals surface area contributed by atoms with Crippen LogP contribution in [0.5, 0.6) is 0 Å². The lowest BCUT2D eigenvalue weighted by Gasteiger charge is -2.28. The van der Waals surface area contributed by atoms with Gasteiger partial charge in [-0.2, -0.15) is 0 Å². The molecule has 0 radical (unpaired) electrons. The van der Waals surface area contributed by atoms with E-state index in [2.05, 4.69) is 65.1 Å². The van der Waals surface area contributed by atoms with Crippen LogP contribution in [0.15, 0.2) is 73.1 Å². The smallest absolute Gasteiger partial charge is 0.269 e. The number of hydrogen-bond donors (Lipinski definition) is 1. The average Bonchev–Trinajstić information content (AvgIpc) is 3.40. The van der Waals surface area contributed by atoms with Crippen LogP contribution in [0, 0.1) is 6.92 Å². The number of nitrogens with one attached hydrogen (secondary N) is 1. The van der Waals surface area contributed by atoms with Crippen LogP contribution in [0.1, 0.15) is 53.4 Å². The summed E-state index contributed by atoms with van der Waals surface area (Å²) in [5.41, 5.74) is 7.54. The molecule has 1 aliphatic heterocycles. The number of aromatic nitrogens is 4. The van der Waals surface area contributed by atoms with Gasteiger partial charge in [0.25, 0.3) is 5.91 Å². The van der Waals surface area contributed by atoms with Gasteiger partial charge in [0.05, 0.1) is 23.6 Å². The minimum Gasteiger partial charge on any atom is -0.351 e. The summed E-state index contributed by atoms with van der Waals surface area (Å²) in [6, 6.07) is 20.3. The predicted octanol–water partition coefficient (Wildman–Crippen LogP) is 5.76. The van der Waals surface area contributed by atoms with Crippen LogP contribution in [0.4, 0.5) is 0 Å².